The monoisotopic (exact) mass is 289 g/mol. The highest BCUT2D eigenvalue weighted by Crippen LogP contribution is 2.08. The van der Waals surface area contributed by atoms with Crippen LogP contribution < -0.4 is 5.32 Å². The number of carbonyl (C=O) groups is 3. The normalized spacial score (nSPS) is 12.4. The highest BCUT2D eigenvalue weighted by Gasteiger charge is 2.27. The molecule has 0 unspecified atom stereocenters. The number of amides is 1. The van der Waals surface area contributed by atoms with Gasteiger partial charge in [-0.1, -0.05) is 13.3 Å². The van der Waals surface area contributed by atoms with Crippen LogP contribution in [0.5, 0.6) is 0 Å². The van der Waals surface area contributed by atoms with E-state index in [2.05, 4.69) is 5.32 Å². The number of unbranched alkanes of at least 4 members (excludes halogenated alkanes) is 1. The summed E-state index contributed by atoms with van der Waals surface area (Å²) in [4.78, 5) is 34.0. The van der Waals surface area contributed by atoms with E-state index in [0.29, 0.717) is 6.42 Å². The number of hydrogen-bond acceptors (Lipinski definition) is 5. The van der Waals surface area contributed by atoms with Crippen molar-refractivity contribution in [2.45, 2.75) is 58.6 Å². The Hall–Kier alpha value is -1.79. The number of carboxylic acids is 1. The van der Waals surface area contributed by atoms with Crippen LogP contribution in [0.25, 0.3) is 0 Å². The average molecular weight is 289 g/mol. The molecular formula is C13H23NO6. The molecular weight excluding hydrogens is 266 g/mol. The molecule has 116 valence electrons. The van der Waals surface area contributed by atoms with Gasteiger partial charge in [-0.2, -0.15) is 0 Å². The maximum atomic E-state index is 11.7. The highest BCUT2D eigenvalue weighted by atomic mass is 16.6. The second-order valence-electron chi connectivity index (χ2n) is 5.32. The van der Waals surface area contributed by atoms with Crippen LogP contribution in [0.2, 0.25) is 0 Å². The standard InChI is InChI=1S/C13H23NO6/c1-5-6-7-19-11(17)9(8-10(15)16)14-12(18)20-13(2,3)4/h9H,5-8H2,1-4H3,(H,14,18)(H,15,16)/t9-/m1/s1. The number of aliphatic carboxylic acids is 1. The molecule has 0 aromatic carbocycles. The number of rotatable bonds is 7. The maximum absolute atomic E-state index is 11.7. The van der Waals surface area contributed by atoms with E-state index in [4.69, 9.17) is 14.6 Å². The summed E-state index contributed by atoms with van der Waals surface area (Å²) in [5.41, 5.74) is -0.732. The van der Waals surface area contributed by atoms with Crippen LogP contribution in [0.4, 0.5) is 4.79 Å². The molecule has 0 saturated carbocycles. The van der Waals surface area contributed by atoms with Crippen LogP contribution in [0.15, 0.2) is 0 Å². The van der Waals surface area contributed by atoms with Crippen LogP contribution >= 0.6 is 0 Å². The molecule has 1 atom stereocenters. The largest absolute Gasteiger partial charge is 0.481 e. The zero-order valence-corrected chi connectivity index (χ0v) is 12.4. The van der Waals surface area contributed by atoms with Gasteiger partial charge in [-0.25, -0.2) is 9.59 Å². The molecule has 20 heavy (non-hydrogen) atoms. The molecule has 0 radical (unpaired) electrons. The van der Waals surface area contributed by atoms with Crippen molar-refractivity contribution in [1.29, 1.82) is 0 Å². The number of hydrogen-bond donors (Lipinski definition) is 2. The van der Waals surface area contributed by atoms with Crippen molar-refractivity contribution in [3.63, 3.8) is 0 Å². The highest BCUT2D eigenvalue weighted by molar-refractivity contribution is 5.85. The molecule has 7 heteroatoms. The Balaban J connectivity index is 4.51. The molecule has 0 aromatic rings. The SMILES string of the molecule is CCCCOC(=O)[C@@H](CC(=O)O)NC(=O)OC(C)(C)C. The number of nitrogens with one attached hydrogen (secondary N) is 1. The van der Waals surface area contributed by atoms with E-state index in [1.165, 1.54) is 0 Å². The van der Waals surface area contributed by atoms with Crippen LogP contribution in [0.3, 0.4) is 0 Å². The molecule has 0 aliphatic rings. The minimum Gasteiger partial charge on any atom is -0.481 e. The third-order valence-electron chi connectivity index (χ3n) is 2.10. The number of esters is 1. The maximum Gasteiger partial charge on any atom is 0.408 e. The van der Waals surface area contributed by atoms with Gasteiger partial charge in [-0.15, -0.1) is 0 Å². The van der Waals surface area contributed by atoms with E-state index in [1.54, 1.807) is 20.8 Å². The van der Waals surface area contributed by atoms with Crippen LogP contribution in [0, 0.1) is 0 Å². The Morgan fingerprint density at radius 2 is 1.85 bits per heavy atom. The Bertz CT molecular complexity index is 347. The molecule has 7 nitrogen and oxygen atoms in total. The second-order valence-corrected chi connectivity index (χ2v) is 5.32. The van der Waals surface area contributed by atoms with E-state index < -0.39 is 36.1 Å². The zero-order chi connectivity index (χ0) is 15.8. The van der Waals surface area contributed by atoms with Crippen molar-refractivity contribution in [3.8, 4) is 0 Å². The minimum absolute atomic E-state index is 0.196. The van der Waals surface area contributed by atoms with Crippen molar-refractivity contribution >= 4 is 18.0 Å². The van der Waals surface area contributed by atoms with E-state index >= 15 is 0 Å². The first-order valence-corrected chi connectivity index (χ1v) is 6.53. The summed E-state index contributed by atoms with van der Waals surface area (Å²) < 4.78 is 9.88. The Morgan fingerprint density at radius 3 is 2.30 bits per heavy atom. The van der Waals surface area contributed by atoms with Gasteiger partial charge in [0.2, 0.25) is 0 Å². The Kier molecular flexibility index (Phi) is 7.64. The molecule has 0 rings (SSSR count). The van der Waals surface area contributed by atoms with Crippen molar-refractivity contribution in [3.05, 3.63) is 0 Å². The first kappa shape index (κ1) is 18.2. The van der Waals surface area contributed by atoms with Crippen LogP contribution in [-0.2, 0) is 19.1 Å². The van der Waals surface area contributed by atoms with Gasteiger partial charge in [-0.05, 0) is 27.2 Å². The van der Waals surface area contributed by atoms with Crippen LogP contribution in [-0.4, -0.2) is 41.4 Å². The van der Waals surface area contributed by atoms with Crippen molar-refractivity contribution in [1.82, 2.24) is 5.32 Å². The summed E-state index contributed by atoms with van der Waals surface area (Å²) in [6.07, 6.45) is 0.120. The third kappa shape index (κ3) is 9.18. The molecule has 1 amide bonds. The topological polar surface area (TPSA) is 102 Å². The smallest absolute Gasteiger partial charge is 0.408 e. The minimum atomic E-state index is -1.25. The number of ether oxygens (including phenoxy) is 2. The lowest BCUT2D eigenvalue weighted by Crippen LogP contribution is -2.45. The van der Waals surface area contributed by atoms with Gasteiger partial charge in [0.1, 0.15) is 11.6 Å². The molecule has 2 N–H and O–H groups in total. The van der Waals surface area contributed by atoms with Gasteiger partial charge in [0, 0.05) is 0 Å². The fourth-order valence-corrected chi connectivity index (χ4v) is 1.24. The van der Waals surface area contributed by atoms with Gasteiger partial charge in [-0.3, -0.25) is 4.79 Å². The summed E-state index contributed by atoms with van der Waals surface area (Å²) in [6, 6.07) is -1.25. The van der Waals surface area contributed by atoms with E-state index in [1.807, 2.05) is 6.92 Å². The lowest BCUT2D eigenvalue weighted by Gasteiger charge is -2.22. The summed E-state index contributed by atoms with van der Waals surface area (Å²) in [5.74, 6) is -1.98. The predicted octanol–water partition coefficient (Wildman–Crippen LogP) is 1.70. The summed E-state index contributed by atoms with van der Waals surface area (Å²) in [6.45, 7) is 7.12. The molecule has 0 spiro atoms. The van der Waals surface area contributed by atoms with Crippen molar-refractivity contribution < 1.29 is 29.0 Å². The second kappa shape index (κ2) is 8.39. The summed E-state index contributed by atoms with van der Waals surface area (Å²) >= 11 is 0. The Labute approximate surface area is 118 Å². The van der Waals surface area contributed by atoms with Crippen molar-refractivity contribution in [2.75, 3.05) is 6.61 Å². The fraction of sp³-hybridized carbons (Fsp3) is 0.769. The van der Waals surface area contributed by atoms with E-state index in [-0.39, 0.29) is 6.61 Å². The first-order chi connectivity index (χ1) is 9.15. The molecule has 0 aromatic heterocycles. The molecule has 0 bridgehead atoms. The van der Waals surface area contributed by atoms with Gasteiger partial charge in [0.25, 0.3) is 0 Å². The molecule has 0 aliphatic heterocycles. The van der Waals surface area contributed by atoms with E-state index in [9.17, 15) is 14.4 Å². The molecule has 0 fully saturated rings. The van der Waals surface area contributed by atoms with E-state index in [0.717, 1.165) is 6.42 Å². The summed E-state index contributed by atoms with van der Waals surface area (Å²) in [5, 5.41) is 11.0. The fourth-order valence-electron chi connectivity index (χ4n) is 1.24. The number of carbonyl (C=O) groups excluding carboxylic acids is 2. The summed E-state index contributed by atoms with van der Waals surface area (Å²) in [7, 11) is 0. The molecule has 0 aliphatic carbocycles. The lowest BCUT2D eigenvalue weighted by molar-refractivity contribution is -0.150. The molecule has 0 heterocycles. The quantitative estimate of drug-likeness (QED) is 0.546. The predicted molar refractivity (Wildman–Crippen MR) is 71.3 cm³/mol. The molecule has 0 saturated heterocycles. The number of carboxylic acid groups (broad SMARTS) is 1. The van der Waals surface area contributed by atoms with Gasteiger partial charge in [0.05, 0.1) is 13.0 Å². The Morgan fingerprint density at radius 1 is 1.25 bits per heavy atom. The number of alkyl carbamates (subject to hydrolysis) is 1. The lowest BCUT2D eigenvalue weighted by atomic mass is 10.2. The van der Waals surface area contributed by atoms with Gasteiger partial charge >= 0.3 is 18.0 Å². The first-order valence-electron chi connectivity index (χ1n) is 6.53. The van der Waals surface area contributed by atoms with Gasteiger partial charge < -0.3 is 19.9 Å². The average Bonchev–Trinajstić information content (AvgIpc) is 2.25. The van der Waals surface area contributed by atoms with Gasteiger partial charge in [0.15, 0.2) is 0 Å². The van der Waals surface area contributed by atoms with Crippen molar-refractivity contribution in [2.24, 2.45) is 0 Å². The zero-order valence-electron chi connectivity index (χ0n) is 12.4. The third-order valence-corrected chi connectivity index (χ3v) is 2.10. The van der Waals surface area contributed by atoms with Crippen LogP contribution in [0.1, 0.15) is 47.0 Å².